The smallest absolute Gasteiger partial charge is 0.247 e. The molecular weight excluding hydrogens is 402 g/mol. The molecule has 7 heteroatoms. The number of nitrogens with zero attached hydrogens (tertiary/aromatic N) is 4. The third-order valence-corrected chi connectivity index (χ3v) is 6.26. The number of piperazine rings is 1. The van der Waals surface area contributed by atoms with E-state index in [2.05, 4.69) is 45.2 Å². The first-order valence-corrected chi connectivity index (χ1v) is 11.1. The Hall–Kier alpha value is -3.03. The third-order valence-electron chi connectivity index (χ3n) is 6.26. The Morgan fingerprint density at radius 3 is 2.56 bits per heavy atom. The van der Waals surface area contributed by atoms with E-state index in [0.717, 1.165) is 48.6 Å². The van der Waals surface area contributed by atoms with Crippen LogP contribution in [0, 0.1) is 20.8 Å². The van der Waals surface area contributed by atoms with Gasteiger partial charge in [0.25, 0.3) is 0 Å². The number of anilines is 1. The van der Waals surface area contributed by atoms with Gasteiger partial charge in [-0.2, -0.15) is 0 Å². The van der Waals surface area contributed by atoms with Crippen LogP contribution < -0.4 is 5.32 Å². The lowest BCUT2D eigenvalue weighted by atomic mass is 10.1. The average Bonchev–Trinajstić information content (AvgIpc) is 3.27. The van der Waals surface area contributed by atoms with Gasteiger partial charge in [0.05, 0.1) is 12.6 Å². The van der Waals surface area contributed by atoms with Gasteiger partial charge in [-0.1, -0.05) is 29.8 Å². The molecule has 2 aromatic carbocycles. The molecular formula is C25H31N5O2. The van der Waals surface area contributed by atoms with Crippen molar-refractivity contribution in [1.29, 1.82) is 0 Å². The van der Waals surface area contributed by atoms with Crippen LogP contribution in [0.1, 0.15) is 35.5 Å². The highest BCUT2D eigenvalue weighted by molar-refractivity contribution is 5.93. The van der Waals surface area contributed by atoms with Crippen molar-refractivity contribution in [2.75, 3.05) is 38.0 Å². The number of aromatic nitrogens is 2. The van der Waals surface area contributed by atoms with E-state index in [9.17, 15) is 4.79 Å². The second-order valence-electron chi connectivity index (χ2n) is 8.60. The minimum absolute atomic E-state index is 0.0277. The largest absolute Gasteiger partial charge is 0.419 e. The molecule has 1 fully saturated rings. The van der Waals surface area contributed by atoms with Crippen LogP contribution in [0.25, 0.3) is 11.5 Å². The molecule has 0 radical (unpaired) electrons. The van der Waals surface area contributed by atoms with E-state index < -0.39 is 0 Å². The number of carbonyl (C=O) groups excluding carboxylic acids is 1. The van der Waals surface area contributed by atoms with Crippen LogP contribution in [0.5, 0.6) is 0 Å². The molecule has 32 heavy (non-hydrogen) atoms. The zero-order valence-corrected chi connectivity index (χ0v) is 19.3. The van der Waals surface area contributed by atoms with Crippen LogP contribution in [0.3, 0.4) is 0 Å². The normalized spacial score (nSPS) is 16.1. The minimum atomic E-state index is 0.0277. The number of amides is 1. The first-order valence-electron chi connectivity index (χ1n) is 11.1. The number of benzene rings is 2. The zero-order valence-electron chi connectivity index (χ0n) is 19.3. The monoisotopic (exact) mass is 433 g/mol. The second kappa shape index (κ2) is 9.63. The predicted octanol–water partition coefficient (Wildman–Crippen LogP) is 3.98. The molecule has 1 saturated heterocycles. The Labute approximate surface area is 189 Å². The van der Waals surface area contributed by atoms with Crippen molar-refractivity contribution >= 4 is 11.6 Å². The van der Waals surface area contributed by atoms with Crippen LogP contribution >= 0.6 is 0 Å². The first kappa shape index (κ1) is 22.2. The highest BCUT2D eigenvalue weighted by atomic mass is 16.4. The fraction of sp³-hybridized carbons (Fsp3) is 0.400. The molecule has 0 aliphatic carbocycles. The van der Waals surface area contributed by atoms with E-state index in [0.29, 0.717) is 18.3 Å². The van der Waals surface area contributed by atoms with E-state index >= 15 is 0 Å². The molecule has 1 N–H and O–H groups in total. The van der Waals surface area contributed by atoms with Gasteiger partial charge in [0, 0.05) is 37.4 Å². The van der Waals surface area contributed by atoms with Gasteiger partial charge >= 0.3 is 0 Å². The van der Waals surface area contributed by atoms with Crippen LogP contribution in [-0.2, 0) is 4.79 Å². The van der Waals surface area contributed by atoms with Gasteiger partial charge < -0.3 is 9.73 Å². The molecule has 1 amide bonds. The Morgan fingerprint density at radius 2 is 1.81 bits per heavy atom. The average molecular weight is 434 g/mol. The summed E-state index contributed by atoms with van der Waals surface area (Å²) in [5.41, 5.74) is 5.28. The summed E-state index contributed by atoms with van der Waals surface area (Å²) in [5, 5.41) is 11.6. The zero-order chi connectivity index (χ0) is 22.7. The van der Waals surface area contributed by atoms with Crippen molar-refractivity contribution in [3.63, 3.8) is 0 Å². The molecule has 0 saturated carbocycles. The lowest BCUT2D eigenvalue weighted by Crippen LogP contribution is -2.49. The molecule has 2 heterocycles. The van der Waals surface area contributed by atoms with Crippen molar-refractivity contribution in [2.45, 2.75) is 33.7 Å². The molecule has 1 aliphatic heterocycles. The van der Waals surface area contributed by atoms with E-state index in [1.807, 2.05) is 50.2 Å². The summed E-state index contributed by atoms with van der Waals surface area (Å²) in [5.74, 6) is 1.21. The lowest BCUT2D eigenvalue weighted by Gasteiger charge is -2.36. The fourth-order valence-corrected chi connectivity index (χ4v) is 4.04. The molecule has 7 nitrogen and oxygen atoms in total. The van der Waals surface area contributed by atoms with E-state index in [1.165, 1.54) is 5.56 Å². The van der Waals surface area contributed by atoms with Crippen molar-refractivity contribution in [1.82, 2.24) is 20.0 Å². The summed E-state index contributed by atoms with van der Waals surface area (Å²) in [6.45, 7) is 12.0. The van der Waals surface area contributed by atoms with Crippen LogP contribution in [-0.4, -0.2) is 58.6 Å². The molecule has 1 aromatic heterocycles. The second-order valence-corrected chi connectivity index (χ2v) is 8.60. The van der Waals surface area contributed by atoms with Gasteiger partial charge in [0.15, 0.2) is 0 Å². The predicted molar refractivity (Wildman–Crippen MR) is 125 cm³/mol. The van der Waals surface area contributed by atoms with Gasteiger partial charge in [-0.25, -0.2) is 0 Å². The van der Waals surface area contributed by atoms with Crippen molar-refractivity contribution in [3.05, 3.63) is 65.0 Å². The lowest BCUT2D eigenvalue weighted by molar-refractivity contribution is -0.117. The third kappa shape index (κ3) is 5.06. The van der Waals surface area contributed by atoms with Crippen LogP contribution in [0.15, 0.2) is 46.9 Å². The molecule has 3 aromatic rings. The molecule has 1 aliphatic rings. The van der Waals surface area contributed by atoms with Gasteiger partial charge in [-0.3, -0.25) is 14.6 Å². The maximum atomic E-state index is 12.5. The SMILES string of the molecule is Cc1cccc(-c2nnc([C@@H](C)N3CCN(CC(=O)Nc4cccc(C)c4C)CC3)o2)c1. The highest BCUT2D eigenvalue weighted by Crippen LogP contribution is 2.25. The summed E-state index contributed by atoms with van der Waals surface area (Å²) in [6, 6.07) is 14.1. The maximum Gasteiger partial charge on any atom is 0.247 e. The Morgan fingerprint density at radius 1 is 1.06 bits per heavy atom. The molecule has 0 bridgehead atoms. The van der Waals surface area contributed by atoms with Crippen LogP contribution in [0.2, 0.25) is 0 Å². The summed E-state index contributed by atoms with van der Waals surface area (Å²) in [6.07, 6.45) is 0. The molecule has 168 valence electrons. The standard InChI is InChI=1S/C25H31N5O2/c1-17-7-5-9-21(15-17)25-28-27-24(32-25)20(4)30-13-11-29(12-14-30)16-23(31)26-22-10-6-8-18(2)19(22)3/h5-10,15,20H,11-14,16H2,1-4H3,(H,26,31)/t20-/m1/s1. The highest BCUT2D eigenvalue weighted by Gasteiger charge is 2.26. The van der Waals surface area contributed by atoms with Gasteiger partial charge in [0.2, 0.25) is 17.7 Å². The Kier molecular flexibility index (Phi) is 6.67. The maximum absolute atomic E-state index is 12.5. The number of rotatable bonds is 6. The Bertz CT molecular complexity index is 1090. The minimum Gasteiger partial charge on any atom is -0.419 e. The fourth-order valence-electron chi connectivity index (χ4n) is 4.04. The first-order chi connectivity index (χ1) is 15.4. The summed E-state index contributed by atoms with van der Waals surface area (Å²) >= 11 is 0. The molecule has 1 atom stereocenters. The quantitative estimate of drug-likeness (QED) is 0.634. The number of aryl methyl sites for hydroxylation is 2. The van der Waals surface area contributed by atoms with E-state index in [1.54, 1.807) is 0 Å². The van der Waals surface area contributed by atoms with E-state index in [-0.39, 0.29) is 11.9 Å². The number of nitrogens with one attached hydrogen (secondary N) is 1. The number of hydrogen-bond donors (Lipinski definition) is 1. The van der Waals surface area contributed by atoms with Crippen molar-refractivity contribution in [3.8, 4) is 11.5 Å². The summed E-state index contributed by atoms with van der Waals surface area (Å²) < 4.78 is 5.98. The summed E-state index contributed by atoms with van der Waals surface area (Å²) in [7, 11) is 0. The van der Waals surface area contributed by atoms with Gasteiger partial charge in [0.1, 0.15) is 0 Å². The molecule has 0 unspecified atom stereocenters. The summed E-state index contributed by atoms with van der Waals surface area (Å²) in [4.78, 5) is 17.1. The molecule has 0 spiro atoms. The van der Waals surface area contributed by atoms with Gasteiger partial charge in [-0.15, -0.1) is 10.2 Å². The van der Waals surface area contributed by atoms with E-state index in [4.69, 9.17) is 4.42 Å². The van der Waals surface area contributed by atoms with Crippen molar-refractivity contribution in [2.24, 2.45) is 0 Å². The van der Waals surface area contributed by atoms with Crippen LogP contribution in [0.4, 0.5) is 5.69 Å². The van der Waals surface area contributed by atoms with Gasteiger partial charge in [-0.05, 0) is 57.0 Å². The topological polar surface area (TPSA) is 74.5 Å². The molecule has 4 rings (SSSR count). The Balaban J connectivity index is 1.30. The number of carbonyl (C=O) groups is 1. The number of hydrogen-bond acceptors (Lipinski definition) is 6. The van der Waals surface area contributed by atoms with Crippen molar-refractivity contribution < 1.29 is 9.21 Å².